The summed E-state index contributed by atoms with van der Waals surface area (Å²) in [6, 6.07) is 0. The lowest BCUT2D eigenvalue weighted by atomic mass is 9.95. The smallest absolute Gasteiger partial charge is 0.223 e. The van der Waals surface area contributed by atoms with E-state index in [1.807, 2.05) is 28.2 Å². The van der Waals surface area contributed by atoms with Gasteiger partial charge in [-0.05, 0) is 60.5 Å². The molecule has 0 saturated carbocycles. The van der Waals surface area contributed by atoms with Crippen molar-refractivity contribution in [3.8, 4) is 0 Å². The summed E-state index contributed by atoms with van der Waals surface area (Å²) in [7, 11) is 8.14. The van der Waals surface area contributed by atoms with Gasteiger partial charge in [0.15, 0.2) is 0 Å². The van der Waals surface area contributed by atoms with Crippen molar-refractivity contribution in [2.24, 2.45) is 5.92 Å². The predicted molar refractivity (Wildman–Crippen MR) is 137 cm³/mol. The molecule has 0 radical (unpaired) electrons. The second-order valence-electron chi connectivity index (χ2n) is 9.83. The van der Waals surface area contributed by atoms with E-state index in [4.69, 9.17) is 0 Å². The molecule has 0 aromatic rings. The van der Waals surface area contributed by atoms with Crippen LogP contribution in [-0.2, 0) is 9.59 Å². The highest BCUT2D eigenvalue weighted by Crippen LogP contribution is 2.17. The molecule has 2 amide bonds. The fraction of sp³-hybridized carbons (Fsp3) is 0.923. The molecule has 1 unspecified atom stereocenters. The Bertz CT molecular complexity index is 455. The number of hydrogen-bond acceptors (Lipinski definition) is 4. The highest BCUT2D eigenvalue weighted by molar-refractivity contribution is 5.85. The molecule has 0 heterocycles. The fourth-order valence-electron chi connectivity index (χ4n) is 3.87. The quantitative estimate of drug-likeness (QED) is 0.237. The highest BCUT2D eigenvalue weighted by atomic mass is 16.2. The minimum absolute atomic E-state index is 0.00396. The number of unbranched alkanes of at least 4 members (excludes halogenated alkanes) is 9. The van der Waals surface area contributed by atoms with Gasteiger partial charge >= 0.3 is 0 Å². The van der Waals surface area contributed by atoms with E-state index in [0.717, 1.165) is 45.2 Å². The summed E-state index contributed by atoms with van der Waals surface area (Å²) in [5, 5.41) is 6.05. The van der Waals surface area contributed by atoms with E-state index in [9.17, 15) is 9.59 Å². The summed E-state index contributed by atoms with van der Waals surface area (Å²) < 4.78 is 0. The van der Waals surface area contributed by atoms with Crippen molar-refractivity contribution in [3.05, 3.63) is 0 Å². The van der Waals surface area contributed by atoms with Crippen molar-refractivity contribution < 1.29 is 9.59 Å². The van der Waals surface area contributed by atoms with E-state index in [2.05, 4.69) is 27.4 Å². The second kappa shape index (κ2) is 21.7. The third-order valence-corrected chi connectivity index (χ3v) is 5.89. The van der Waals surface area contributed by atoms with Gasteiger partial charge in [0, 0.05) is 25.4 Å². The van der Waals surface area contributed by atoms with Crippen molar-refractivity contribution >= 4 is 11.8 Å². The van der Waals surface area contributed by atoms with Crippen LogP contribution in [0.15, 0.2) is 0 Å². The molecule has 0 rings (SSSR count). The molecule has 0 aliphatic carbocycles. The van der Waals surface area contributed by atoms with Gasteiger partial charge < -0.3 is 20.4 Å². The molecule has 0 aliphatic rings. The molecule has 6 heteroatoms. The van der Waals surface area contributed by atoms with E-state index < -0.39 is 0 Å². The van der Waals surface area contributed by atoms with Gasteiger partial charge in [0.2, 0.25) is 11.8 Å². The second-order valence-corrected chi connectivity index (χ2v) is 9.83. The summed E-state index contributed by atoms with van der Waals surface area (Å²) in [6.45, 7) is 5.51. The Hall–Kier alpha value is -1.14. The largest absolute Gasteiger partial charge is 0.356 e. The zero-order valence-electron chi connectivity index (χ0n) is 22.0. The van der Waals surface area contributed by atoms with Crippen LogP contribution in [0.4, 0.5) is 0 Å². The third-order valence-electron chi connectivity index (χ3n) is 5.89. The van der Waals surface area contributed by atoms with Crippen LogP contribution in [0.25, 0.3) is 0 Å². The Balaban J connectivity index is 4.23. The van der Waals surface area contributed by atoms with E-state index in [-0.39, 0.29) is 17.7 Å². The zero-order chi connectivity index (χ0) is 24.0. The third kappa shape index (κ3) is 20.7. The standard InChI is InChI=1S/C26H54N4O2/c1-6-7-8-9-10-11-12-13-14-15-18-24(26(32)28-20-17-22-30(4)5)23-25(31)27-19-16-21-29(2)3/h24H,6-23H2,1-5H3,(H,27,31)(H,28,32). The van der Waals surface area contributed by atoms with Gasteiger partial charge in [-0.3, -0.25) is 9.59 Å². The first-order valence-corrected chi connectivity index (χ1v) is 13.2. The number of hydrogen-bond donors (Lipinski definition) is 2. The summed E-state index contributed by atoms with van der Waals surface area (Å²) >= 11 is 0. The van der Waals surface area contributed by atoms with Crippen LogP contribution >= 0.6 is 0 Å². The van der Waals surface area contributed by atoms with Crippen LogP contribution in [0.2, 0.25) is 0 Å². The topological polar surface area (TPSA) is 64.7 Å². The van der Waals surface area contributed by atoms with Crippen molar-refractivity contribution in [2.75, 3.05) is 54.4 Å². The molecule has 1 atom stereocenters. The van der Waals surface area contributed by atoms with Crippen LogP contribution < -0.4 is 10.6 Å². The molecular formula is C26H54N4O2. The summed E-state index contributed by atoms with van der Waals surface area (Å²) in [5.74, 6) is -0.162. The normalized spacial score (nSPS) is 12.3. The Morgan fingerprint density at radius 3 is 1.62 bits per heavy atom. The molecule has 2 N–H and O–H groups in total. The number of nitrogens with one attached hydrogen (secondary N) is 2. The molecule has 32 heavy (non-hydrogen) atoms. The average Bonchev–Trinajstić information content (AvgIpc) is 2.74. The molecule has 0 aliphatic heterocycles. The van der Waals surface area contributed by atoms with Gasteiger partial charge in [0.1, 0.15) is 0 Å². The zero-order valence-corrected chi connectivity index (χ0v) is 22.0. The molecule has 190 valence electrons. The number of rotatable bonds is 22. The summed E-state index contributed by atoms with van der Waals surface area (Å²) in [5.41, 5.74) is 0. The molecule has 0 aromatic carbocycles. The van der Waals surface area contributed by atoms with Crippen LogP contribution in [0, 0.1) is 5.92 Å². The van der Waals surface area contributed by atoms with Crippen molar-refractivity contribution in [2.45, 2.75) is 96.8 Å². The van der Waals surface area contributed by atoms with Crippen LogP contribution in [-0.4, -0.2) is 76.0 Å². The average molecular weight is 455 g/mol. The number of carbonyl (C=O) groups excluding carboxylic acids is 2. The maximum absolute atomic E-state index is 12.7. The van der Waals surface area contributed by atoms with E-state index in [1.165, 1.54) is 51.4 Å². The first kappa shape index (κ1) is 30.9. The maximum atomic E-state index is 12.7. The number of amides is 2. The monoisotopic (exact) mass is 454 g/mol. The Morgan fingerprint density at radius 2 is 1.12 bits per heavy atom. The molecule has 0 spiro atoms. The van der Waals surface area contributed by atoms with E-state index in [1.54, 1.807) is 0 Å². The van der Waals surface area contributed by atoms with Gasteiger partial charge in [-0.15, -0.1) is 0 Å². The van der Waals surface area contributed by atoms with Crippen molar-refractivity contribution in [1.29, 1.82) is 0 Å². The number of carbonyl (C=O) groups is 2. The van der Waals surface area contributed by atoms with E-state index in [0.29, 0.717) is 19.5 Å². The van der Waals surface area contributed by atoms with Gasteiger partial charge in [-0.1, -0.05) is 71.1 Å². The van der Waals surface area contributed by atoms with Crippen LogP contribution in [0.1, 0.15) is 96.8 Å². The number of nitrogens with zero attached hydrogens (tertiary/aromatic N) is 2. The molecule has 0 fully saturated rings. The van der Waals surface area contributed by atoms with Crippen molar-refractivity contribution in [3.63, 3.8) is 0 Å². The van der Waals surface area contributed by atoms with Gasteiger partial charge in [-0.2, -0.15) is 0 Å². The first-order chi connectivity index (χ1) is 15.4. The van der Waals surface area contributed by atoms with Crippen LogP contribution in [0.5, 0.6) is 0 Å². The summed E-state index contributed by atoms with van der Waals surface area (Å²) in [4.78, 5) is 29.3. The van der Waals surface area contributed by atoms with Gasteiger partial charge in [0.25, 0.3) is 0 Å². The minimum Gasteiger partial charge on any atom is -0.356 e. The Kier molecular flexibility index (Phi) is 20.9. The minimum atomic E-state index is -0.211. The SMILES string of the molecule is CCCCCCCCCCCCC(CC(=O)NCCCN(C)C)C(=O)NCCCN(C)C. The molecule has 0 aromatic heterocycles. The predicted octanol–water partition coefficient (Wildman–Crippen LogP) is 4.44. The van der Waals surface area contributed by atoms with Crippen LogP contribution in [0.3, 0.4) is 0 Å². The summed E-state index contributed by atoms with van der Waals surface area (Å²) in [6.07, 6.45) is 15.8. The molecule has 6 nitrogen and oxygen atoms in total. The Morgan fingerprint density at radius 1 is 0.656 bits per heavy atom. The highest BCUT2D eigenvalue weighted by Gasteiger charge is 2.21. The van der Waals surface area contributed by atoms with Gasteiger partial charge in [-0.25, -0.2) is 0 Å². The lowest BCUT2D eigenvalue weighted by Gasteiger charge is -2.18. The molecule has 0 bridgehead atoms. The maximum Gasteiger partial charge on any atom is 0.223 e. The molecular weight excluding hydrogens is 400 g/mol. The Labute approximate surface area is 199 Å². The van der Waals surface area contributed by atoms with E-state index >= 15 is 0 Å². The first-order valence-electron chi connectivity index (χ1n) is 13.2. The lowest BCUT2D eigenvalue weighted by molar-refractivity contribution is -0.130. The fourth-order valence-corrected chi connectivity index (χ4v) is 3.87. The van der Waals surface area contributed by atoms with Crippen molar-refractivity contribution in [1.82, 2.24) is 20.4 Å². The molecule has 0 saturated heterocycles. The van der Waals surface area contributed by atoms with Gasteiger partial charge in [0.05, 0.1) is 0 Å². The lowest BCUT2D eigenvalue weighted by Crippen LogP contribution is -2.36.